The summed E-state index contributed by atoms with van der Waals surface area (Å²) in [6.07, 6.45) is 6.02. The average Bonchev–Trinajstić information content (AvgIpc) is 2.59. The van der Waals surface area contributed by atoms with Crippen LogP contribution in [0.25, 0.3) is 0 Å². The van der Waals surface area contributed by atoms with Gasteiger partial charge in [-0.3, -0.25) is 0 Å². The highest BCUT2D eigenvalue weighted by Crippen LogP contribution is 2.24. The van der Waals surface area contributed by atoms with Crippen LogP contribution in [0.4, 0.5) is 0 Å². The summed E-state index contributed by atoms with van der Waals surface area (Å²) in [4.78, 5) is 1.13. The molecule has 0 saturated carbocycles. The van der Waals surface area contributed by atoms with Crippen molar-refractivity contribution in [3.05, 3.63) is 23.1 Å². The third kappa shape index (κ3) is 2.94. The molecule has 0 saturated heterocycles. The van der Waals surface area contributed by atoms with Gasteiger partial charge < -0.3 is 0 Å². The second-order valence-corrected chi connectivity index (χ2v) is 5.43. The lowest BCUT2D eigenvalue weighted by Crippen LogP contribution is -2.08. The monoisotopic (exact) mass is 250 g/mol. The summed E-state index contributed by atoms with van der Waals surface area (Å²) in [5.74, 6) is 0. The second kappa shape index (κ2) is 5.35. The van der Waals surface area contributed by atoms with Gasteiger partial charge in [-0.15, -0.1) is 0 Å². The first-order valence-electron chi connectivity index (χ1n) is 3.33. The summed E-state index contributed by atoms with van der Waals surface area (Å²) in [6.45, 7) is 0. The zero-order chi connectivity index (χ0) is 8.93. The zero-order valence-electron chi connectivity index (χ0n) is 6.31. The molecule has 0 aromatic carbocycles. The van der Waals surface area contributed by atoms with E-state index < -0.39 is 0 Å². The van der Waals surface area contributed by atoms with E-state index in [9.17, 15) is 0 Å². The van der Waals surface area contributed by atoms with E-state index in [1.807, 2.05) is 18.2 Å². The number of hydrogen-bond acceptors (Lipinski definition) is 8. The molecule has 0 radical (unpaired) electrons. The Morgan fingerprint density at radius 2 is 2.08 bits per heavy atom. The summed E-state index contributed by atoms with van der Waals surface area (Å²) in [6, 6.07) is 0. The molecule has 0 bridgehead atoms. The first-order chi connectivity index (χ1) is 6.47. The van der Waals surface area contributed by atoms with Crippen molar-refractivity contribution in [2.75, 3.05) is 0 Å². The number of nitrogens with one attached hydrogen (secondary N) is 3. The maximum atomic E-state index is 4.28. The van der Waals surface area contributed by atoms with Gasteiger partial charge in [-0.1, -0.05) is 6.08 Å². The van der Waals surface area contributed by atoms with E-state index in [1.165, 1.54) is 36.4 Å². The van der Waals surface area contributed by atoms with E-state index in [0.29, 0.717) is 0 Å². The molecule has 3 N–H and O–H groups in total. The van der Waals surface area contributed by atoms with Gasteiger partial charge in [-0.25, -0.2) is 0 Å². The van der Waals surface area contributed by atoms with E-state index in [0.717, 1.165) is 10.6 Å². The van der Waals surface area contributed by atoms with Crippen molar-refractivity contribution in [3.63, 3.8) is 0 Å². The van der Waals surface area contributed by atoms with E-state index in [1.54, 1.807) is 11.9 Å². The van der Waals surface area contributed by atoms with Crippen LogP contribution in [0, 0.1) is 0 Å². The Labute approximate surface area is 93.8 Å². The maximum absolute atomic E-state index is 4.28. The number of allylic oxidation sites excluding steroid dienone is 4. The van der Waals surface area contributed by atoms with Crippen LogP contribution in [0.1, 0.15) is 0 Å². The van der Waals surface area contributed by atoms with Crippen LogP contribution in [-0.4, -0.2) is 5.71 Å². The number of fused-ring (bicyclic) bond motifs is 1. The van der Waals surface area contributed by atoms with E-state index in [-0.39, 0.29) is 0 Å². The lowest BCUT2D eigenvalue weighted by molar-refractivity contribution is 1.58. The number of hydrogen-bond donors (Lipinski definition) is 3. The third-order valence-corrected chi connectivity index (χ3v) is 4.07. The molecule has 2 rings (SSSR count). The van der Waals surface area contributed by atoms with Gasteiger partial charge in [0.1, 0.15) is 0 Å². The molecule has 1 aliphatic carbocycles. The van der Waals surface area contributed by atoms with E-state index in [4.69, 9.17) is 0 Å². The summed E-state index contributed by atoms with van der Waals surface area (Å²) in [7, 11) is 0. The lowest BCUT2D eigenvalue weighted by atomic mass is 10.4. The molecule has 0 aromatic heterocycles. The molecule has 13 heavy (non-hydrogen) atoms. The molecule has 0 unspecified atom stereocenters. The molecule has 4 nitrogen and oxygen atoms in total. The molecule has 1 aliphatic heterocycles. The van der Waals surface area contributed by atoms with Crippen molar-refractivity contribution in [3.8, 4) is 0 Å². The van der Waals surface area contributed by atoms with Crippen LogP contribution in [-0.2, 0) is 0 Å². The van der Waals surface area contributed by atoms with Gasteiger partial charge in [0.25, 0.3) is 0 Å². The topological polar surface area (TPSA) is 48.5 Å². The molecule has 0 aromatic rings. The van der Waals surface area contributed by atoms with Gasteiger partial charge in [-0.2, -0.15) is 16.8 Å². The van der Waals surface area contributed by atoms with Crippen molar-refractivity contribution in [1.29, 1.82) is 0 Å². The average molecular weight is 250 g/mol. The minimum Gasteiger partial charge on any atom is -0.198 e. The van der Waals surface area contributed by atoms with Crippen LogP contribution < -0.4 is 12.4 Å². The van der Waals surface area contributed by atoms with Gasteiger partial charge in [0.05, 0.1) is 22.8 Å². The predicted molar refractivity (Wildman–Crippen MR) is 64.4 cm³/mol. The minimum atomic E-state index is 0.998. The zero-order valence-corrected chi connectivity index (χ0v) is 9.58. The molecule has 0 spiro atoms. The Morgan fingerprint density at radius 1 is 1.15 bits per heavy atom. The van der Waals surface area contributed by atoms with Gasteiger partial charge in [0.15, 0.2) is 0 Å². The Kier molecular flexibility index (Phi) is 4.10. The molecule has 0 atom stereocenters. The highest BCUT2D eigenvalue weighted by atomic mass is 32.3. The van der Waals surface area contributed by atoms with Gasteiger partial charge in [0, 0.05) is 24.3 Å². The SMILES string of the molecule is C1=CC2=NSNSNSNSC2=C1. The highest BCUT2D eigenvalue weighted by molar-refractivity contribution is 8.21. The second-order valence-electron chi connectivity index (χ2n) is 2.01. The molecule has 2 aliphatic rings. The van der Waals surface area contributed by atoms with Gasteiger partial charge in [-0.05, 0) is 24.1 Å². The maximum Gasteiger partial charge on any atom is 0.0877 e. The molecule has 1 heterocycles. The number of nitrogens with zero attached hydrogens (tertiary/aromatic N) is 1. The molecule has 8 heteroatoms. The highest BCUT2D eigenvalue weighted by Gasteiger charge is 2.10. The first kappa shape index (κ1) is 9.97. The van der Waals surface area contributed by atoms with Gasteiger partial charge in [0.2, 0.25) is 0 Å². The Hall–Kier alpha value is 0.430. The van der Waals surface area contributed by atoms with Crippen molar-refractivity contribution >= 4 is 54.1 Å². The van der Waals surface area contributed by atoms with Crippen molar-refractivity contribution in [2.24, 2.45) is 4.40 Å². The summed E-state index contributed by atoms with van der Waals surface area (Å²) < 4.78 is 13.3. The summed E-state index contributed by atoms with van der Waals surface area (Å²) in [5, 5.41) is 0. The largest absolute Gasteiger partial charge is 0.198 e. The van der Waals surface area contributed by atoms with Crippen LogP contribution >= 0.6 is 48.3 Å². The van der Waals surface area contributed by atoms with Crippen molar-refractivity contribution in [1.82, 2.24) is 12.4 Å². The Morgan fingerprint density at radius 3 is 3.08 bits per heavy atom. The first-order valence-corrected chi connectivity index (χ1v) is 6.55. The quantitative estimate of drug-likeness (QED) is 0.568. The third-order valence-electron chi connectivity index (χ3n) is 1.25. The van der Waals surface area contributed by atoms with E-state index >= 15 is 0 Å². The fraction of sp³-hybridized carbons (Fsp3) is 0. The standard InChI is InChI=1S/C5H6N4S4/c1-2-4-5(3-1)10-7-12-9-13-8-11-6-4/h1-3,7-9H. The summed E-state index contributed by atoms with van der Waals surface area (Å²) >= 11 is 5.69. The lowest BCUT2D eigenvalue weighted by Gasteiger charge is -2.07. The van der Waals surface area contributed by atoms with Crippen LogP contribution in [0.3, 0.4) is 0 Å². The Balaban J connectivity index is 2.04. The predicted octanol–water partition coefficient (Wildman–Crippen LogP) is 2.00. The minimum absolute atomic E-state index is 0.998. The molecule has 0 amide bonds. The van der Waals surface area contributed by atoms with E-state index in [2.05, 4.69) is 16.8 Å². The fourth-order valence-corrected chi connectivity index (χ4v) is 3.32. The molecular weight excluding hydrogens is 244 g/mol. The smallest absolute Gasteiger partial charge is 0.0877 e. The van der Waals surface area contributed by atoms with Crippen LogP contribution in [0.5, 0.6) is 0 Å². The van der Waals surface area contributed by atoms with Crippen LogP contribution in [0.2, 0.25) is 0 Å². The number of rotatable bonds is 0. The van der Waals surface area contributed by atoms with Crippen molar-refractivity contribution < 1.29 is 0 Å². The molecule has 70 valence electrons. The summed E-state index contributed by atoms with van der Waals surface area (Å²) in [5.41, 5.74) is 0.998. The van der Waals surface area contributed by atoms with Gasteiger partial charge >= 0.3 is 0 Å². The van der Waals surface area contributed by atoms with Crippen LogP contribution in [0.15, 0.2) is 27.5 Å². The normalized spacial score (nSPS) is 23.4. The Bertz CT molecular complexity index is 274. The molecular formula is C5H6N4S4. The van der Waals surface area contributed by atoms with Crippen molar-refractivity contribution in [2.45, 2.75) is 0 Å². The molecule has 0 fully saturated rings. The fourth-order valence-electron chi connectivity index (χ4n) is 0.763.